The quantitative estimate of drug-likeness (QED) is 0.781. The predicted molar refractivity (Wildman–Crippen MR) is 62.9 cm³/mol. The fraction of sp³-hybridized carbons (Fsp3) is 0.308. The maximum atomic E-state index is 5.74. The summed E-state index contributed by atoms with van der Waals surface area (Å²) < 4.78 is 5.51. The molecule has 0 radical (unpaired) electrons. The zero-order chi connectivity index (χ0) is 11.0. The van der Waals surface area contributed by atoms with Crippen LogP contribution in [0.1, 0.15) is 31.1 Å². The SMILES string of the molecule is Nc1cccc(-c2coc(C3CCC3)n2)c1. The van der Waals surface area contributed by atoms with Crippen molar-refractivity contribution in [2.75, 3.05) is 5.73 Å². The molecule has 1 aliphatic rings. The highest BCUT2D eigenvalue weighted by molar-refractivity contribution is 5.63. The van der Waals surface area contributed by atoms with Gasteiger partial charge in [0.1, 0.15) is 12.0 Å². The van der Waals surface area contributed by atoms with Crippen LogP contribution in [0.25, 0.3) is 11.3 Å². The van der Waals surface area contributed by atoms with Gasteiger partial charge in [-0.15, -0.1) is 0 Å². The van der Waals surface area contributed by atoms with E-state index in [1.165, 1.54) is 19.3 Å². The van der Waals surface area contributed by atoms with Gasteiger partial charge < -0.3 is 10.2 Å². The minimum absolute atomic E-state index is 0.537. The maximum Gasteiger partial charge on any atom is 0.197 e. The van der Waals surface area contributed by atoms with E-state index in [2.05, 4.69) is 4.98 Å². The van der Waals surface area contributed by atoms with E-state index in [-0.39, 0.29) is 0 Å². The number of nitrogens with two attached hydrogens (primary N) is 1. The average molecular weight is 214 g/mol. The van der Waals surface area contributed by atoms with Gasteiger partial charge in [0.25, 0.3) is 0 Å². The van der Waals surface area contributed by atoms with Crippen molar-refractivity contribution in [3.05, 3.63) is 36.4 Å². The lowest BCUT2D eigenvalue weighted by atomic mass is 9.85. The highest BCUT2D eigenvalue weighted by Gasteiger charge is 2.24. The van der Waals surface area contributed by atoms with Crippen molar-refractivity contribution in [3.8, 4) is 11.3 Å². The van der Waals surface area contributed by atoms with Crippen LogP contribution < -0.4 is 5.73 Å². The van der Waals surface area contributed by atoms with Gasteiger partial charge in [-0.3, -0.25) is 0 Å². The van der Waals surface area contributed by atoms with Crippen molar-refractivity contribution >= 4 is 5.69 Å². The van der Waals surface area contributed by atoms with Gasteiger partial charge in [0.15, 0.2) is 5.89 Å². The smallest absolute Gasteiger partial charge is 0.197 e. The van der Waals surface area contributed by atoms with E-state index in [1.54, 1.807) is 6.26 Å². The number of rotatable bonds is 2. The molecule has 3 heteroatoms. The van der Waals surface area contributed by atoms with E-state index in [0.29, 0.717) is 5.92 Å². The summed E-state index contributed by atoms with van der Waals surface area (Å²) in [7, 11) is 0. The molecule has 2 aromatic rings. The van der Waals surface area contributed by atoms with E-state index in [4.69, 9.17) is 10.2 Å². The second kappa shape index (κ2) is 3.67. The number of hydrogen-bond acceptors (Lipinski definition) is 3. The Balaban J connectivity index is 1.91. The Morgan fingerprint density at radius 1 is 1.31 bits per heavy atom. The van der Waals surface area contributed by atoms with E-state index in [0.717, 1.165) is 22.8 Å². The highest BCUT2D eigenvalue weighted by atomic mass is 16.3. The minimum Gasteiger partial charge on any atom is -0.448 e. The molecule has 0 bridgehead atoms. The third-order valence-electron chi connectivity index (χ3n) is 3.16. The van der Waals surface area contributed by atoms with Gasteiger partial charge >= 0.3 is 0 Å². The number of nitrogens with zero attached hydrogens (tertiary/aromatic N) is 1. The molecule has 1 aromatic carbocycles. The number of nitrogen functional groups attached to an aromatic ring is 1. The summed E-state index contributed by atoms with van der Waals surface area (Å²) in [6.45, 7) is 0. The van der Waals surface area contributed by atoms with Gasteiger partial charge in [0, 0.05) is 17.2 Å². The summed E-state index contributed by atoms with van der Waals surface area (Å²) in [5, 5.41) is 0. The van der Waals surface area contributed by atoms with E-state index < -0.39 is 0 Å². The third kappa shape index (κ3) is 1.58. The monoisotopic (exact) mass is 214 g/mol. The van der Waals surface area contributed by atoms with Crippen LogP contribution in [0.5, 0.6) is 0 Å². The lowest BCUT2D eigenvalue weighted by Crippen LogP contribution is -2.08. The zero-order valence-electron chi connectivity index (χ0n) is 9.02. The fourth-order valence-corrected chi connectivity index (χ4v) is 1.96. The molecule has 1 aromatic heterocycles. The molecule has 3 rings (SSSR count). The summed E-state index contributed by atoms with van der Waals surface area (Å²) in [6.07, 6.45) is 5.43. The van der Waals surface area contributed by atoms with Gasteiger partial charge in [0.05, 0.1) is 0 Å². The molecule has 2 N–H and O–H groups in total. The largest absolute Gasteiger partial charge is 0.448 e. The Bertz CT molecular complexity index is 500. The van der Waals surface area contributed by atoms with E-state index >= 15 is 0 Å². The number of oxazole rings is 1. The molecule has 0 unspecified atom stereocenters. The van der Waals surface area contributed by atoms with Gasteiger partial charge in [-0.05, 0) is 25.0 Å². The lowest BCUT2D eigenvalue weighted by molar-refractivity contribution is 0.335. The summed E-state index contributed by atoms with van der Waals surface area (Å²) in [6, 6.07) is 7.72. The molecule has 0 atom stereocenters. The maximum absolute atomic E-state index is 5.74. The van der Waals surface area contributed by atoms with Crippen molar-refractivity contribution < 1.29 is 4.42 Å². The Morgan fingerprint density at radius 2 is 2.19 bits per heavy atom. The van der Waals surface area contributed by atoms with Crippen molar-refractivity contribution in [1.29, 1.82) is 0 Å². The van der Waals surface area contributed by atoms with Crippen molar-refractivity contribution in [2.24, 2.45) is 0 Å². The molecule has 0 amide bonds. The Hall–Kier alpha value is -1.77. The minimum atomic E-state index is 0.537. The lowest BCUT2D eigenvalue weighted by Gasteiger charge is -2.21. The Morgan fingerprint density at radius 3 is 2.88 bits per heavy atom. The predicted octanol–water partition coefficient (Wildman–Crippen LogP) is 3.19. The number of benzene rings is 1. The highest BCUT2D eigenvalue weighted by Crippen LogP contribution is 2.36. The molecule has 3 nitrogen and oxygen atoms in total. The second-order valence-corrected chi connectivity index (χ2v) is 4.32. The van der Waals surface area contributed by atoms with Crippen LogP contribution in [0.3, 0.4) is 0 Å². The molecule has 1 aliphatic carbocycles. The first-order valence-corrected chi connectivity index (χ1v) is 5.64. The third-order valence-corrected chi connectivity index (χ3v) is 3.16. The summed E-state index contributed by atoms with van der Waals surface area (Å²) in [4.78, 5) is 4.52. The molecule has 1 saturated carbocycles. The molecular weight excluding hydrogens is 200 g/mol. The van der Waals surface area contributed by atoms with Crippen molar-refractivity contribution in [1.82, 2.24) is 4.98 Å². The van der Waals surface area contributed by atoms with Crippen LogP contribution in [-0.2, 0) is 0 Å². The number of aromatic nitrogens is 1. The molecule has 0 spiro atoms. The van der Waals surface area contributed by atoms with Gasteiger partial charge in [0.2, 0.25) is 0 Å². The fourth-order valence-electron chi connectivity index (χ4n) is 1.96. The molecule has 1 fully saturated rings. The molecular formula is C13H14N2O. The average Bonchev–Trinajstić information content (AvgIpc) is 2.64. The van der Waals surface area contributed by atoms with Crippen LogP contribution >= 0.6 is 0 Å². The molecule has 1 heterocycles. The second-order valence-electron chi connectivity index (χ2n) is 4.32. The van der Waals surface area contributed by atoms with Gasteiger partial charge in [-0.2, -0.15) is 0 Å². The molecule has 0 saturated heterocycles. The summed E-state index contributed by atoms with van der Waals surface area (Å²) >= 11 is 0. The first-order chi connectivity index (χ1) is 7.83. The van der Waals surface area contributed by atoms with Crippen LogP contribution in [0.4, 0.5) is 5.69 Å². The van der Waals surface area contributed by atoms with Crippen LogP contribution in [0.15, 0.2) is 34.9 Å². The summed E-state index contributed by atoms with van der Waals surface area (Å²) in [5.41, 5.74) is 8.40. The van der Waals surface area contributed by atoms with Gasteiger partial charge in [-0.1, -0.05) is 18.6 Å². The zero-order valence-corrected chi connectivity index (χ0v) is 9.02. The van der Waals surface area contributed by atoms with Crippen LogP contribution in [-0.4, -0.2) is 4.98 Å². The van der Waals surface area contributed by atoms with E-state index in [1.807, 2.05) is 24.3 Å². The van der Waals surface area contributed by atoms with Crippen LogP contribution in [0, 0.1) is 0 Å². The molecule has 0 aliphatic heterocycles. The standard InChI is InChI=1S/C13H14N2O/c14-11-6-2-5-10(7-11)12-8-16-13(15-12)9-3-1-4-9/h2,5-9H,1,3-4,14H2. The summed E-state index contributed by atoms with van der Waals surface area (Å²) in [5.74, 6) is 1.42. The van der Waals surface area contributed by atoms with Crippen molar-refractivity contribution in [3.63, 3.8) is 0 Å². The number of hydrogen-bond donors (Lipinski definition) is 1. The topological polar surface area (TPSA) is 52.0 Å². The number of anilines is 1. The Kier molecular flexibility index (Phi) is 2.17. The van der Waals surface area contributed by atoms with Gasteiger partial charge in [-0.25, -0.2) is 4.98 Å². The first kappa shape index (κ1) is 9.46. The Labute approximate surface area is 94.3 Å². The van der Waals surface area contributed by atoms with Crippen LogP contribution in [0.2, 0.25) is 0 Å². The molecule has 82 valence electrons. The van der Waals surface area contributed by atoms with Crippen molar-refractivity contribution in [2.45, 2.75) is 25.2 Å². The molecule has 16 heavy (non-hydrogen) atoms. The first-order valence-electron chi connectivity index (χ1n) is 5.64. The van der Waals surface area contributed by atoms with E-state index in [9.17, 15) is 0 Å². The normalized spacial score (nSPS) is 16.0.